The lowest BCUT2D eigenvalue weighted by atomic mass is 9.87. The summed E-state index contributed by atoms with van der Waals surface area (Å²) in [4.78, 5) is 7.14. The second-order valence-corrected chi connectivity index (χ2v) is 4.64. The number of anilines is 1. The number of alkyl halides is 3. The predicted molar refractivity (Wildman–Crippen MR) is 60.2 cm³/mol. The lowest BCUT2D eigenvalue weighted by Gasteiger charge is -2.22. The van der Waals surface area contributed by atoms with Crippen LogP contribution in [-0.2, 0) is 11.6 Å². The zero-order valence-corrected chi connectivity index (χ0v) is 9.89. The van der Waals surface area contributed by atoms with Crippen molar-refractivity contribution in [3.05, 3.63) is 23.5 Å². The summed E-state index contributed by atoms with van der Waals surface area (Å²) < 4.78 is 38.4. The van der Waals surface area contributed by atoms with Crippen molar-refractivity contribution in [1.29, 1.82) is 0 Å². The molecule has 0 aliphatic heterocycles. The molecule has 94 valence electrons. The maximum atomic E-state index is 12.8. The third-order valence-corrected chi connectivity index (χ3v) is 2.15. The van der Waals surface area contributed by atoms with Gasteiger partial charge < -0.3 is 5.73 Å². The van der Waals surface area contributed by atoms with E-state index in [0.717, 1.165) is 6.08 Å². The van der Waals surface area contributed by atoms with Crippen molar-refractivity contribution >= 4 is 12.0 Å². The minimum Gasteiger partial charge on any atom is -0.368 e. The molecule has 0 saturated carbocycles. The molecule has 0 aromatic carbocycles. The Balaban J connectivity index is 3.64. The summed E-state index contributed by atoms with van der Waals surface area (Å²) in [5, 5.41) is 0. The van der Waals surface area contributed by atoms with Gasteiger partial charge in [-0.2, -0.15) is 13.2 Å². The van der Waals surface area contributed by atoms with E-state index in [4.69, 9.17) is 5.73 Å². The quantitative estimate of drug-likeness (QED) is 0.827. The van der Waals surface area contributed by atoms with Gasteiger partial charge in [0.15, 0.2) is 5.69 Å². The van der Waals surface area contributed by atoms with Crippen LogP contribution < -0.4 is 5.73 Å². The van der Waals surface area contributed by atoms with Crippen LogP contribution in [0.2, 0.25) is 0 Å². The van der Waals surface area contributed by atoms with Gasteiger partial charge in [-0.3, -0.25) is 0 Å². The number of nitrogens with zero attached hydrogens (tertiary/aromatic N) is 2. The largest absolute Gasteiger partial charge is 0.434 e. The minimum absolute atomic E-state index is 0.112. The number of hydrogen-bond acceptors (Lipinski definition) is 3. The Bertz CT molecular complexity index is 409. The second kappa shape index (κ2) is 4.01. The molecule has 6 heteroatoms. The fourth-order valence-corrected chi connectivity index (χ4v) is 1.47. The monoisotopic (exact) mass is 245 g/mol. The molecule has 2 N–H and O–H groups in total. The first-order chi connectivity index (χ1) is 7.57. The molecule has 17 heavy (non-hydrogen) atoms. The summed E-state index contributed by atoms with van der Waals surface area (Å²) in [6.07, 6.45) is -3.45. The average Bonchev–Trinajstić information content (AvgIpc) is 2.13. The molecule has 0 fully saturated rings. The van der Waals surface area contributed by atoms with E-state index in [1.54, 1.807) is 20.8 Å². The van der Waals surface area contributed by atoms with Gasteiger partial charge in [-0.25, -0.2) is 9.97 Å². The Morgan fingerprint density at radius 1 is 1.12 bits per heavy atom. The van der Waals surface area contributed by atoms with E-state index in [0.29, 0.717) is 0 Å². The van der Waals surface area contributed by atoms with Crippen molar-refractivity contribution in [3.63, 3.8) is 0 Å². The Morgan fingerprint density at radius 3 is 1.94 bits per heavy atom. The van der Waals surface area contributed by atoms with Gasteiger partial charge in [-0.05, 0) is 0 Å². The van der Waals surface area contributed by atoms with Crippen LogP contribution in [-0.4, -0.2) is 9.97 Å². The zero-order chi connectivity index (χ0) is 13.4. The predicted octanol–water partition coefficient (Wildman–Crippen LogP) is 3.02. The summed E-state index contributed by atoms with van der Waals surface area (Å²) in [5.41, 5.74) is 3.84. The Kier molecular flexibility index (Phi) is 3.18. The SMILES string of the molecule is C=Cc1c(C(C)(C)C)nc(N)nc1C(F)(F)F. The van der Waals surface area contributed by atoms with Gasteiger partial charge in [0.2, 0.25) is 5.95 Å². The van der Waals surface area contributed by atoms with E-state index in [1.165, 1.54) is 0 Å². The van der Waals surface area contributed by atoms with Crippen LogP contribution in [0.5, 0.6) is 0 Å². The summed E-state index contributed by atoms with van der Waals surface area (Å²) >= 11 is 0. The molecule has 0 spiro atoms. The van der Waals surface area contributed by atoms with Gasteiger partial charge in [0.05, 0.1) is 5.69 Å². The lowest BCUT2D eigenvalue weighted by molar-refractivity contribution is -0.141. The summed E-state index contributed by atoms with van der Waals surface area (Å²) in [5.74, 6) is -0.382. The molecule has 3 nitrogen and oxygen atoms in total. The van der Waals surface area contributed by atoms with Gasteiger partial charge in [-0.15, -0.1) is 0 Å². The smallest absolute Gasteiger partial charge is 0.368 e. The molecule has 0 amide bonds. The molecule has 1 aromatic rings. The summed E-state index contributed by atoms with van der Waals surface area (Å²) in [6, 6.07) is 0. The highest BCUT2D eigenvalue weighted by molar-refractivity contribution is 5.56. The highest BCUT2D eigenvalue weighted by Gasteiger charge is 2.38. The van der Waals surface area contributed by atoms with Crippen LogP contribution in [0.3, 0.4) is 0 Å². The molecule has 0 aliphatic rings. The molecule has 0 unspecified atom stereocenters. The molecular weight excluding hydrogens is 231 g/mol. The molecule has 0 aliphatic carbocycles. The number of nitrogens with two attached hydrogens (primary N) is 1. The van der Waals surface area contributed by atoms with E-state index < -0.39 is 17.3 Å². The minimum atomic E-state index is -4.57. The van der Waals surface area contributed by atoms with Gasteiger partial charge >= 0.3 is 6.18 Å². The van der Waals surface area contributed by atoms with E-state index >= 15 is 0 Å². The zero-order valence-electron chi connectivity index (χ0n) is 9.89. The van der Waals surface area contributed by atoms with Crippen LogP contribution in [0.15, 0.2) is 6.58 Å². The molecule has 0 atom stereocenters. The topological polar surface area (TPSA) is 51.8 Å². The van der Waals surface area contributed by atoms with Gasteiger partial charge in [0.1, 0.15) is 0 Å². The fraction of sp³-hybridized carbons (Fsp3) is 0.455. The van der Waals surface area contributed by atoms with Crippen molar-refractivity contribution in [2.45, 2.75) is 32.4 Å². The van der Waals surface area contributed by atoms with Crippen LogP contribution in [0.4, 0.5) is 19.1 Å². The summed E-state index contributed by atoms with van der Waals surface area (Å²) in [7, 11) is 0. The maximum absolute atomic E-state index is 12.8. The first-order valence-electron chi connectivity index (χ1n) is 4.95. The van der Waals surface area contributed by atoms with Gasteiger partial charge in [0, 0.05) is 11.0 Å². The third-order valence-electron chi connectivity index (χ3n) is 2.15. The highest BCUT2D eigenvalue weighted by atomic mass is 19.4. The van der Waals surface area contributed by atoms with Crippen molar-refractivity contribution in [1.82, 2.24) is 9.97 Å². The number of hydrogen-bond donors (Lipinski definition) is 1. The first-order valence-corrected chi connectivity index (χ1v) is 4.95. The average molecular weight is 245 g/mol. The molecular formula is C11H14F3N3. The number of aromatic nitrogens is 2. The Labute approximate surface area is 97.6 Å². The second-order valence-electron chi connectivity index (χ2n) is 4.64. The highest BCUT2D eigenvalue weighted by Crippen LogP contribution is 2.35. The summed E-state index contributed by atoms with van der Waals surface area (Å²) in [6.45, 7) is 8.64. The number of halogens is 3. The molecule has 0 bridgehead atoms. The van der Waals surface area contributed by atoms with E-state index in [9.17, 15) is 13.2 Å². The Morgan fingerprint density at radius 2 is 1.59 bits per heavy atom. The van der Waals surface area contributed by atoms with Crippen LogP contribution in [0, 0.1) is 0 Å². The van der Waals surface area contributed by atoms with Crippen molar-refractivity contribution in [3.8, 4) is 0 Å². The van der Waals surface area contributed by atoms with Crippen LogP contribution in [0.1, 0.15) is 37.7 Å². The van der Waals surface area contributed by atoms with Crippen LogP contribution >= 0.6 is 0 Å². The molecule has 1 heterocycles. The van der Waals surface area contributed by atoms with E-state index in [1.807, 2.05) is 0 Å². The van der Waals surface area contributed by atoms with Crippen molar-refractivity contribution < 1.29 is 13.2 Å². The van der Waals surface area contributed by atoms with Gasteiger partial charge in [-0.1, -0.05) is 33.4 Å². The third kappa shape index (κ3) is 2.75. The number of rotatable bonds is 1. The standard InChI is InChI=1S/C11H14F3N3/c1-5-6-7(10(2,3)4)16-9(15)17-8(6)11(12,13)14/h5H,1H2,2-4H3,(H2,15,16,17). The van der Waals surface area contributed by atoms with Crippen molar-refractivity contribution in [2.75, 3.05) is 5.73 Å². The van der Waals surface area contributed by atoms with E-state index in [-0.39, 0.29) is 17.2 Å². The molecule has 0 radical (unpaired) electrons. The van der Waals surface area contributed by atoms with Crippen LogP contribution in [0.25, 0.3) is 6.08 Å². The van der Waals surface area contributed by atoms with Gasteiger partial charge in [0.25, 0.3) is 0 Å². The fourth-order valence-electron chi connectivity index (χ4n) is 1.47. The molecule has 1 aromatic heterocycles. The molecule has 0 saturated heterocycles. The Hall–Kier alpha value is -1.59. The molecule has 1 rings (SSSR count). The van der Waals surface area contributed by atoms with E-state index in [2.05, 4.69) is 16.5 Å². The first kappa shape index (κ1) is 13.5. The number of nitrogen functional groups attached to an aromatic ring is 1. The van der Waals surface area contributed by atoms with Crippen molar-refractivity contribution in [2.24, 2.45) is 0 Å². The lowest BCUT2D eigenvalue weighted by Crippen LogP contribution is -2.22. The normalized spacial score (nSPS) is 12.6. The maximum Gasteiger partial charge on any atom is 0.434 e.